The Morgan fingerprint density at radius 1 is 1.15 bits per heavy atom. The molecule has 1 N–H and O–H groups in total. The summed E-state index contributed by atoms with van der Waals surface area (Å²) >= 11 is 0. The van der Waals surface area contributed by atoms with E-state index in [1.54, 1.807) is 0 Å². The Labute approximate surface area is 121 Å². The van der Waals surface area contributed by atoms with E-state index in [9.17, 15) is 0 Å². The van der Waals surface area contributed by atoms with Gasteiger partial charge in [0.2, 0.25) is 0 Å². The quantitative estimate of drug-likeness (QED) is 0.634. The second kappa shape index (κ2) is 5.99. The van der Waals surface area contributed by atoms with Crippen LogP contribution in [0.3, 0.4) is 0 Å². The maximum atomic E-state index is 8.96. The van der Waals surface area contributed by atoms with Crippen molar-refractivity contribution in [2.75, 3.05) is 0 Å². The lowest BCUT2D eigenvalue weighted by Gasteiger charge is -2.26. The molecule has 20 heavy (non-hydrogen) atoms. The number of hydrogen-bond acceptors (Lipinski definition) is 2. The lowest BCUT2D eigenvalue weighted by atomic mass is 9.80. The Kier molecular flexibility index (Phi) is 4.09. The van der Waals surface area contributed by atoms with Crippen molar-refractivity contribution in [1.29, 1.82) is 0 Å². The van der Waals surface area contributed by atoms with Gasteiger partial charge in [-0.2, -0.15) is 0 Å². The Morgan fingerprint density at radius 3 is 2.70 bits per heavy atom. The third kappa shape index (κ3) is 2.89. The molecule has 0 radical (unpaired) electrons. The van der Waals surface area contributed by atoms with E-state index in [0.29, 0.717) is 0 Å². The van der Waals surface area contributed by atoms with Crippen LogP contribution in [-0.2, 0) is 12.8 Å². The molecule has 2 aliphatic rings. The SMILES string of the molecule is CC1CCC(CCc2ccc3c(c2)CCC3=NO)CC1. The third-order valence-corrected chi connectivity index (χ3v) is 5.21. The molecular weight excluding hydrogens is 246 g/mol. The highest BCUT2D eigenvalue weighted by Gasteiger charge is 2.20. The summed E-state index contributed by atoms with van der Waals surface area (Å²) in [4.78, 5) is 0. The summed E-state index contributed by atoms with van der Waals surface area (Å²) in [6, 6.07) is 6.70. The average molecular weight is 271 g/mol. The zero-order valence-electron chi connectivity index (χ0n) is 12.4. The topological polar surface area (TPSA) is 32.6 Å². The molecule has 0 aliphatic heterocycles. The van der Waals surface area contributed by atoms with E-state index in [1.165, 1.54) is 49.7 Å². The molecule has 0 spiro atoms. The van der Waals surface area contributed by atoms with Crippen molar-refractivity contribution >= 4 is 5.71 Å². The summed E-state index contributed by atoms with van der Waals surface area (Å²) in [5, 5.41) is 12.4. The van der Waals surface area contributed by atoms with E-state index in [4.69, 9.17) is 5.21 Å². The van der Waals surface area contributed by atoms with E-state index in [0.717, 1.165) is 36.0 Å². The molecule has 0 saturated heterocycles. The van der Waals surface area contributed by atoms with Crippen LogP contribution < -0.4 is 0 Å². The van der Waals surface area contributed by atoms with Crippen molar-refractivity contribution < 1.29 is 5.21 Å². The first-order valence-corrected chi connectivity index (χ1v) is 8.09. The first kappa shape index (κ1) is 13.7. The number of fused-ring (bicyclic) bond motifs is 1. The van der Waals surface area contributed by atoms with E-state index >= 15 is 0 Å². The fourth-order valence-corrected chi connectivity index (χ4v) is 3.77. The van der Waals surface area contributed by atoms with E-state index in [1.807, 2.05) is 0 Å². The van der Waals surface area contributed by atoms with E-state index < -0.39 is 0 Å². The summed E-state index contributed by atoms with van der Waals surface area (Å²) in [6.45, 7) is 2.39. The zero-order chi connectivity index (χ0) is 13.9. The molecule has 2 heteroatoms. The van der Waals surface area contributed by atoms with Crippen molar-refractivity contribution in [3.63, 3.8) is 0 Å². The number of hydrogen-bond donors (Lipinski definition) is 1. The van der Waals surface area contributed by atoms with Crippen molar-refractivity contribution in [1.82, 2.24) is 0 Å². The molecule has 0 aromatic heterocycles. The third-order valence-electron chi connectivity index (χ3n) is 5.21. The van der Waals surface area contributed by atoms with Crippen LogP contribution in [0.1, 0.15) is 62.1 Å². The van der Waals surface area contributed by atoms with Gasteiger partial charge in [0.05, 0.1) is 5.71 Å². The highest BCUT2D eigenvalue weighted by Crippen LogP contribution is 2.31. The normalized spacial score (nSPS) is 27.8. The molecular formula is C18H25NO. The number of benzene rings is 1. The fraction of sp³-hybridized carbons (Fsp3) is 0.611. The predicted molar refractivity (Wildman–Crippen MR) is 82.5 cm³/mol. The minimum Gasteiger partial charge on any atom is -0.411 e. The predicted octanol–water partition coefficient (Wildman–Crippen LogP) is 4.57. The molecule has 0 heterocycles. The maximum Gasteiger partial charge on any atom is 0.0873 e. The first-order valence-electron chi connectivity index (χ1n) is 8.09. The molecule has 1 fully saturated rings. The fourth-order valence-electron chi connectivity index (χ4n) is 3.77. The number of rotatable bonds is 3. The molecule has 108 valence electrons. The van der Waals surface area contributed by atoms with Gasteiger partial charge < -0.3 is 5.21 Å². The molecule has 2 nitrogen and oxygen atoms in total. The van der Waals surface area contributed by atoms with Crippen LogP contribution in [0.5, 0.6) is 0 Å². The smallest absolute Gasteiger partial charge is 0.0873 e. The largest absolute Gasteiger partial charge is 0.411 e. The lowest BCUT2D eigenvalue weighted by molar-refractivity contribution is 0.278. The van der Waals surface area contributed by atoms with E-state index in [2.05, 4.69) is 30.3 Å². The van der Waals surface area contributed by atoms with Gasteiger partial charge in [0, 0.05) is 5.56 Å². The number of nitrogens with zero attached hydrogens (tertiary/aromatic N) is 1. The minimum atomic E-state index is 0.854. The molecule has 0 amide bonds. The highest BCUT2D eigenvalue weighted by molar-refractivity contribution is 6.04. The summed E-state index contributed by atoms with van der Waals surface area (Å²) in [7, 11) is 0. The Bertz CT molecular complexity index is 498. The molecule has 0 unspecified atom stereocenters. The van der Waals surface area contributed by atoms with Crippen LogP contribution >= 0.6 is 0 Å². The minimum absolute atomic E-state index is 0.854. The average Bonchev–Trinajstić information content (AvgIpc) is 2.89. The Balaban J connectivity index is 1.59. The van der Waals surface area contributed by atoms with Crippen molar-refractivity contribution in [2.45, 2.75) is 58.3 Å². The van der Waals surface area contributed by atoms with Crippen LogP contribution in [0.4, 0.5) is 0 Å². The van der Waals surface area contributed by atoms with Gasteiger partial charge in [-0.25, -0.2) is 0 Å². The molecule has 1 saturated carbocycles. The summed E-state index contributed by atoms with van der Waals surface area (Å²) < 4.78 is 0. The summed E-state index contributed by atoms with van der Waals surface area (Å²) in [6.07, 6.45) is 10.2. The van der Waals surface area contributed by atoms with Crippen LogP contribution in [0.2, 0.25) is 0 Å². The van der Waals surface area contributed by atoms with Crippen molar-refractivity contribution in [3.8, 4) is 0 Å². The van der Waals surface area contributed by atoms with E-state index in [-0.39, 0.29) is 0 Å². The van der Waals surface area contributed by atoms with Gasteiger partial charge in [0.25, 0.3) is 0 Å². The van der Waals surface area contributed by atoms with Gasteiger partial charge >= 0.3 is 0 Å². The standard InChI is InChI=1S/C18H25NO/c1-13-2-4-14(5-3-13)6-7-15-8-10-17-16(12-15)9-11-18(17)19-20/h8,10,12-14,20H,2-7,9,11H2,1H3. The zero-order valence-corrected chi connectivity index (χ0v) is 12.4. The van der Waals surface area contributed by atoms with Crippen LogP contribution in [-0.4, -0.2) is 10.9 Å². The summed E-state index contributed by atoms with van der Waals surface area (Å²) in [5.41, 5.74) is 4.84. The number of oxime groups is 1. The maximum absolute atomic E-state index is 8.96. The Hall–Kier alpha value is -1.31. The lowest BCUT2D eigenvalue weighted by Crippen LogP contribution is -2.13. The molecule has 1 aromatic carbocycles. The Morgan fingerprint density at radius 2 is 1.95 bits per heavy atom. The molecule has 0 bridgehead atoms. The van der Waals surface area contributed by atoms with Gasteiger partial charge in [-0.15, -0.1) is 0 Å². The van der Waals surface area contributed by atoms with Gasteiger partial charge in [0.1, 0.15) is 0 Å². The first-order chi connectivity index (χ1) is 9.76. The highest BCUT2D eigenvalue weighted by atomic mass is 16.4. The van der Waals surface area contributed by atoms with Gasteiger partial charge in [-0.1, -0.05) is 56.0 Å². The van der Waals surface area contributed by atoms with Crippen LogP contribution in [0.25, 0.3) is 0 Å². The molecule has 2 aliphatic carbocycles. The van der Waals surface area contributed by atoms with Gasteiger partial charge in [0.15, 0.2) is 0 Å². The van der Waals surface area contributed by atoms with Crippen LogP contribution in [0.15, 0.2) is 23.4 Å². The molecule has 1 aromatic rings. The second-order valence-electron chi connectivity index (χ2n) is 6.70. The molecule has 3 rings (SSSR count). The van der Waals surface area contributed by atoms with Gasteiger partial charge in [-0.3, -0.25) is 0 Å². The van der Waals surface area contributed by atoms with Gasteiger partial charge in [-0.05, 0) is 48.6 Å². The second-order valence-corrected chi connectivity index (χ2v) is 6.70. The monoisotopic (exact) mass is 271 g/mol. The van der Waals surface area contributed by atoms with Crippen molar-refractivity contribution in [3.05, 3.63) is 34.9 Å². The molecule has 0 atom stereocenters. The summed E-state index contributed by atoms with van der Waals surface area (Å²) in [5.74, 6) is 1.89. The number of aryl methyl sites for hydroxylation is 2. The van der Waals surface area contributed by atoms with Crippen molar-refractivity contribution in [2.24, 2.45) is 17.0 Å². The van der Waals surface area contributed by atoms with Crippen LogP contribution in [0, 0.1) is 11.8 Å².